The van der Waals surface area contributed by atoms with Crippen LogP contribution < -0.4 is 4.90 Å². The van der Waals surface area contributed by atoms with Crippen LogP contribution in [0.5, 0.6) is 0 Å². The van der Waals surface area contributed by atoms with Gasteiger partial charge in [0.25, 0.3) is 0 Å². The summed E-state index contributed by atoms with van der Waals surface area (Å²) in [6.07, 6.45) is 7.23. The molecule has 132 valence electrons. The number of pyridine rings is 2. The Kier molecular flexibility index (Phi) is 3.39. The molecule has 0 bridgehead atoms. The second kappa shape index (κ2) is 5.91. The van der Waals surface area contributed by atoms with E-state index in [-0.39, 0.29) is 0 Å². The maximum Gasteiger partial charge on any atom is 0.159 e. The van der Waals surface area contributed by atoms with Crippen LogP contribution in [0.15, 0.2) is 55.1 Å². The Morgan fingerprint density at radius 2 is 1.81 bits per heavy atom. The van der Waals surface area contributed by atoms with Crippen molar-refractivity contribution in [3.63, 3.8) is 0 Å². The summed E-state index contributed by atoms with van der Waals surface area (Å²) in [7, 11) is 4.02. The molecule has 4 heterocycles. The first-order valence-corrected chi connectivity index (χ1v) is 8.60. The second-order valence-electron chi connectivity index (χ2n) is 6.64. The van der Waals surface area contributed by atoms with E-state index in [2.05, 4.69) is 48.3 Å². The number of rotatable bonds is 3. The van der Waals surface area contributed by atoms with Crippen LogP contribution in [-0.2, 0) is 0 Å². The van der Waals surface area contributed by atoms with Crippen molar-refractivity contribution in [3.05, 3.63) is 55.1 Å². The van der Waals surface area contributed by atoms with Gasteiger partial charge in [0, 0.05) is 37.4 Å². The molecule has 7 nitrogen and oxygen atoms in total. The summed E-state index contributed by atoms with van der Waals surface area (Å²) in [6.45, 7) is 0. The van der Waals surface area contributed by atoms with Crippen molar-refractivity contribution < 1.29 is 0 Å². The first-order valence-electron chi connectivity index (χ1n) is 8.60. The van der Waals surface area contributed by atoms with Crippen LogP contribution in [0.4, 0.5) is 5.69 Å². The van der Waals surface area contributed by atoms with Crippen molar-refractivity contribution in [2.45, 2.75) is 0 Å². The Morgan fingerprint density at radius 3 is 2.67 bits per heavy atom. The Labute approximate surface area is 155 Å². The van der Waals surface area contributed by atoms with Gasteiger partial charge in [-0.05, 0) is 29.8 Å². The van der Waals surface area contributed by atoms with Crippen LogP contribution in [-0.4, -0.2) is 44.2 Å². The number of aromatic amines is 2. The van der Waals surface area contributed by atoms with E-state index in [1.165, 1.54) is 0 Å². The molecule has 0 aliphatic rings. The zero-order chi connectivity index (χ0) is 18.4. The van der Waals surface area contributed by atoms with Crippen LogP contribution in [0.25, 0.3) is 44.6 Å². The number of H-pyrrole nitrogens is 2. The Bertz CT molecular complexity index is 1230. The number of imidazole rings is 1. The predicted molar refractivity (Wildman–Crippen MR) is 107 cm³/mol. The van der Waals surface area contributed by atoms with Gasteiger partial charge in [-0.3, -0.25) is 15.1 Å². The highest BCUT2D eigenvalue weighted by molar-refractivity contribution is 5.95. The molecular formula is C20H17N7. The summed E-state index contributed by atoms with van der Waals surface area (Å²) < 4.78 is 0. The predicted octanol–water partition coefficient (Wildman–Crippen LogP) is 3.63. The number of nitrogens with one attached hydrogen (secondary N) is 2. The number of anilines is 1. The Morgan fingerprint density at radius 1 is 0.889 bits per heavy atom. The number of aromatic nitrogens is 6. The third-order valence-corrected chi connectivity index (χ3v) is 4.64. The summed E-state index contributed by atoms with van der Waals surface area (Å²) in [5, 5.41) is 8.58. The van der Waals surface area contributed by atoms with E-state index in [0.29, 0.717) is 0 Å². The smallest absolute Gasteiger partial charge is 0.159 e. The molecule has 0 atom stereocenters. The van der Waals surface area contributed by atoms with Crippen molar-refractivity contribution in [1.82, 2.24) is 30.1 Å². The zero-order valence-electron chi connectivity index (χ0n) is 14.9. The minimum absolute atomic E-state index is 0.724. The van der Waals surface area contributed by atoms with E-state index in [9.17, 15) is 0 Å². The lowest BCUT2D eigenvalue weighted by molar-refractivity contribution is 1.11. The van der Waals surface area contributed by atoms with Gasteiger partial charge in [-0.1, -0.05) is 6.07 Å². The zero-order valence-corrected chi connectivity index (χ0v) is 14.9. The summed E-state index contributed by atoms with van der Waals surface area (Å²) in [6, 6.07) is 10.2. The molecule has 7 heteroatoms. The molecule has 0 spiro atoms. The second-order valence-corrected chi connectivity index (χ2v) is 6.64. The van der Waals surface area contributed by atoms with E-state index in [1.807, 2.05) is 43.5 Å². The van der Waals surface area contributed by atoms with E-state index in [0.717, 1.165) is 50.3 Å². The van der Waals surface area contributed by atoms with E-state index in [1.54, 1.807) is 12.4 Å². The highest BCUT2D eigenvalue weighted by Crippen LogP contribution is 2.30. The van der Waals surface area contributed by atoms with Crippen molar-refractivity contribution >= 4 is 27.6 Å². The molecule has 0 unspecified atom stereocenters. The molecule has 5 aromatic rings. The topological polar surface area (TPSA) is 86.4 Å². The van der Waals surface area contributed by atoms with Gasteiger partial charge < -0.3 is 9.88 Å². The Balaban J connectivity index is 1.65. The largest absolute Gasteiger partial charge is 0.376 e. The number of nitrogens with zero attached hydrogens (tertiary/aromatic N) is 5. The van der Waals surface area contributed by atoms with Gasteiger partial charge in [0.05, 0.1) is 34.6 Å². The molecule has 27 heavy (non-hydrogen) atoms. The first-order chi connectivity index (χ1) is 13.2. The monoisotopic (exact) mass is 355 g/mol. The first kappa shape index (κ1) is 15.5. The number of hydrogen-bond donors (Lipinski definition) is 2. The molecule has 4 aromatic heterocycles. The van der Waals surface area contributed by atoms with Crippen LogP contribution in [0.2, 0.25) is 0 Å². The van der Waals surface area contributed by atoms with Gasteiger partial charge in [0.2, 0.25) is 0 Å². The average molecular weight is 355 g/mol. The quantitative estimate of drug-likeness (QED) is 0.516. The summed E-state index contributed by atoms with van der Waals surface area (Å²) >= 11 is 0. The lowest BCUT2D eigenvalue weighted by Crippen LogP contribution is -2.08. The van der Waals surface area contributed by atoms with Crippen molar-refractivity contribution in [3.8, 4) is 22.6 Å². The van der Waals surface area contributed by atoms with Crippen LogP contribution in [0.1, 0.15) is 0 Å². The van der Waals surface area contributed by atoms with Gasteiger partial charge in [-0.2, -0.15) is 5.10 Å². The minimum Gasteiger partial charge on any atom is -0.376 e. The lowest BCUT2D eigenvalue weighted by atomic mass is 10.0. The third-order valence-electron chi connectivity index (χ3n) is 4.64. The fourth-order valence-corrected chi connectivity index (χ4v) is 3.17. The van der Waals surface area contributed by atoms with Crippen LogP contribution in [0, 0.1) is 0 Å². The molecule has 1 aromatic carbocycles. The summed E-state index contributed by atoms with van der Waals surface area (Å²) in [5.74, 6) is 0.724. The maximum atomic E-state index is 4.65. The van der Waals surface area contributed by atoms with E-state index >= 15 is 0 Å². The van der Waals surface area contributed by atoms with Crippen molar-refractivity contribution in [2.24, 2.45) is 0 Å². The molecule has 5 rings (SSSR count). The third kappa shape index (κ3) is 2.60. The van der Waals surface area contributed by atoms with Gasteiger partial charge in [0.15, 0.2) is 5.82 Å². The van der Waals surface area contributed by atoms with E-state index < -0.39 is 0 Å². The molecule has 0 aliphatic heterocycles. The molecule has 2 N–H and O–H groups in total. The Hall–Kier alpha value is -3.74. The normalized spacial score (nSPS) is 11.3. The van der Waals surface area contributed by atoms with Gasteiger partial charge in [-0.25, -0.2) is 4.98 Å². The highest BCUT2D eigenvalue weighted by atomic mass is 15.1. The van der Waals surface area contributed by atoms with E-state index in [4.69, 9.17) is 0 Å². The average Bonchev–Trinajstić information content (AvgIpc) is 3.31. The summed E-state index contributed by atoms with van der Waals surface area (Å²) in [4.78, 5) is 18.5. The molecule has 0 saturated carbocycles. The molecule has 0 fully saturated rings. The fourth-order valence-electron chi connectivity index (χ4n) is 3.17. The molecule has 0 aliphatic carbocycles. The number of fused-ring (bicyclic) bond motifs is 2. The van der Waals surface area contributed by atoms with Gasteiger partial charge in [0.1, 0.15) is 5.69 Å². The number of hydrogen-bond acceptors (Lipinski definition) is 5. The minimum atomic E-state index is 0.724. The van der Waals surface area contributed by atoms with Gasteiger partial charge in [-0.15, -0.1) is 0 Å². The van der Waals surface area contributed by atoms with Gasteiger partial charge >= 0.3 is 0 Å². The fraction of sp³-hybridized carbons (Fsp3) is 0.100. The molecule has 0 amide bonds. The summed E-state index contributed by atoms with van der Waals surface area (Å²) in [5.41, 5.74) is 6.72. The standard InChI is InChI=1S/C20H17N7/c1-27(2)14-7-13(9-22-10-14)12-3-4-16-15(8-12)19(26-25-16)20-23-17-5-6-21-11-18(17)24-20/h3-11H,1-2H3,(H,23,24)(H,25,26). The van der Waals surface area contributed by atoms with Crippen molar-refractivity contribution in [1.29, 1.82) is 0 Å². The van der Waals surface area contributed by atoms with Crippen LogP contribution in [0.3, 0.4) is 0 Å². The molecular weight excluding hydrogens is 338 g/mol. The highest BCUT2D eigenvalue weighted by Gasteiger charge is 2.14. The maximum absolute atomic E-state index is 4.65. The van der Waals surface area contributed by atoms with Crippen LogP contribution >= 0.6 is 0 Å². The molecule has 0 saturated heterocycles. The number of benzene rings is 1. The van der Waals surface area contributed by atoms with Crippen molar-refractivity contribution in [2.75, 3.05) is 19.0 Å². The molecule has 0 radical (unpaired) electrons. The lowest BCUT2D eigenvalue weighted by Gasteiger charge is -2.13. The SMILES string of the molecule is CN(C)c1cncc(-c2ccc3[nH]nc(-c4nc5ccncc5[nH]4)c3c2)c1.